The molecule has 0 aliphatic heterocycles. The number of anilines is 1. The smallest absolute Gasteiger partial charge is 0.264 e. The first kappa shape index (κ1) is 27.2. The minimum Gasteiger partial charge on any atom is -0.357 e. The van der Waals surface area contributed by atoms with Crippen molar-refractivity contribution in [3.8, 4) is 0 Å². The highest BCUT2D eigenvalue weighted by Gasteiger charge is 2.32. The average Bonchev–Trinajstić information content (AvgIpc) is 2.85. The van der Waals surface area contributed by atoms with Crippen molar-refractivity contribution in [2.45, 2.75) is 38.3 Å². The Morgan fingerprint density at radius 2 is 1.61 bits per heavy atom. The van der Waals surface area contributed by atoms with Crippen LogP contribution in [-0.2, 0) is 26.2 Å². The van der Waals surface area contributed by atoms with Crippen molar-refractivity contribution in [2.24, 2.45) is 0 Å². The van der Waals surface area contributed by atoms with E-state index in [9.17, 15) is 18.0 Å². The predicted molar refractivity (Wildman–Crippen MR) is 142 cm³/mol. The maximum Gasteiger partial charge on any atom is 0.264 e. The third kappa shape index (κ3) is 6.44. The van der Waals surface area contributed by atoms with E-state index in [0.29, 0.717) is 5.02 Å². The molecule has 0 spiro atoms. The zero-order chi connectivity index (χ0) is 26.5. The molecule has 190 valence electrons. The summed E-state index contributed by atoms with van der Waals surface area (Å²) >= 11 is 6.17. The number of sulfonamides is 1. The van der Waals surface area contributed by atoms with E-state index in [0.717, 1.165) is 21.0 Å². The third-order valence-electron chi connectivity index (χ3n) is 5.83. The molecular weight excluding hydrogens is 498 g/mol. The Balaban J connectivity index is 2.03. The summed E-state index contributed by atoms with van der Waals surface area (Å²) in [6, 6.07) is 19.5. The summed E-state index contributed by atoms with van der Waals surface area (Å²) in [7, 11) is -2.63. The molecule has 3 aromatic carbocycles. The molecule has 0 heterocycles. The molecule has 0 saturated heterocycles. The van der Waals surface area contributed by atoms with Crippen LogP contribution in [-0.4, -0.2) is 44.8 Å². The van der Waals surface area contributed by atoms with E-state index in [1.165, 1.54) is 30.1 Å². The van der Waals surface area contributed by atoms with Gasteiger partial charge in [0.1, 0.15) is 12.6 Å². The standard InChI is InChI=1S/C27H30ClN3O4S/c1-19-11-13-25(14-12-19)36(34,35)31(24-10-6-9-23(28)16-24)18-26(32)30(21(3)27(33)29-4)17-22-8-5-7-20(2)15-22/h5-16,21H,17-18H2,1-4H3,(H,29,33). The van der Waals surface area contributed by atoms with Gasteiger partial charge in [-0.15, -0.1) is 0 Å². The number of nitrogens with zero attached hydrogens (tertiary/aromatic N) is 2. The Labute approximate surface area is 217 Å². The first-order valence-electron chi connectivity index (χ1n) is 11.4. The Morgan fingerprint density at radius 3 is 2.22 bits per heavy atom. The zero-order valence-electron chi connectivity index (χ0n) is 20.7. The van der Waals surface area contributed by atoms with E-state index in [1.807, 2.05) is 38.1 Å². The van der Waals surface area contributed by atoms with E-state index in [-0.39, 0.29) is 23.0 Å². The van der Waals surface area contributed by atoms with Crippen LogP contribution in [0.5, 0.6) is 0 Å². The van der Waals surface area contributed by atoms with Gasteiger partial charge in [-0.25, -0.2) is 8.42 Å². The average molecular weight is 528 g/mol. The van der Waals surface area contributed by atoms with Crippen LogP contribution < -0.4 is 9.62 Å². The van der Waals surface area contributed by atoms with Crippen molar-refractivity contribution in [3.63, 3.8) is 0 Å². The maximum atomic E-state index is 13.7. The number of carbonyl (C=O) groups excluding carboxylic acids is 2. The monoisotopic (exact) mass is 527 g/mol. The Hall–Kier alpha value is -3.36. The number of carbonyl (C=O) groups is 2. The molecular formula is C27H30ClN3O4S. The van der Waals surface area contributed by atoms with Crippen molar-refractivity contribution in [3.05, 3.63) is 94.5 Å². The first-order chi connectivity index (χ1) is 17.0. The molecule has 0 saturated carbocycles. The third-order valence-corrected chi connectivity index (χ3v) is 7.86. The fourth-order valence-electron chi connectivity index (χ4n) is 3.80. The van der Waals surface area contributed by atoms with Crippen LogP contribution in [0, 0.1) is 13.8 Å². The van der Waals surface area contributed by atoms with Crippen molar-refractivity contribution < 1.29 is 18.0 Å². The zero-order valence-corrected chi connectivity index (χ0v) is 22.3. The largest absolute Gasteiger partial charge is 0.357 e. The molecule has 3 aromatic rings. The van der Waals surface area contributed by atoms with Gasteiger partial charge in [0.05, 0.1) is 10.6 Å². The summed E-state index contributed by atoms with van der Waals surface area (Å²) in [4.78, 5) is 27.6. The molecule has 0 bridgehead atoms. The molecule has 0 aliphatic rings. The van der Waals surface area contributed by atoms with Crippen molar-refractivity contribution in [1.82, 2.24) is 10.2 Å². The number of hydrogen-bond donors (Lipinski definition) is 1. The lowest BCUT2D eigenvalue weighted by Gasteiger charge is -2.32. The summed E-state index contributed by atoms with van der Waals surface area (Å²) in [6.07, 6.45) is 0. The van der Waals surface area contributed by atoms with Crippen LogP contribution in [0.2, 0.25) is 5.02 Å². The second kappa shape index (κ2) is 11.6. The number of likely N-dealkylation sites (N-methyl/N-ethyl adjacent to an activating group) is 1. The van der Waals surface area contributed by atoms with Gasteiger partial charge in [0.25, 0.3) is 10.0 Å². The normalized spacial score (nSPS) is 12.0. The number of halogens is 1. The maximum absolute atomic E-state index is 13.7. The van der Waals surface area contributed by atoms with Gasteiger partial charge in [-0.3, -0.25) is 13.9 Å². The number of rotatable bonds is 9. The van der Waals surface area contributed by atoms with E-state index in [2.05, 4.69) is 5.32 Å². The minimum absolute atomic E-state index is 0.0467. The van der Waals surface area contributed by atoms with Gasteiger partial charge in [-0.2, -0.15) is 0 Å². The number of nitrogens with one attached hydrogen (secondary N) is 1. The molecule has 7 nitrogen and oxygen atoms in total. The van der Waals surface area contributed by atoms with Gasteiger partial charge in [0.2, 0.25) is 11.8 Å². The van der Waals surface area contributed by atoms with E-state index >= 15 is 0 Å². The van der Waals surface area contributed by atoms with E-state index in [4.69, 9.17) is 11.6 Å². The quantitative estimate of drug-likeness (QED) is 0.449. The molecule has 0 radical (unpaired) electrons. The van der Waals surface area contributed by atoms with Crippen LogP contribution in [0.4, 0.5) is 5.69 Å². The van der Waals surface area contributed by atoms with Crippen molar-refractivity contribution >= 4 is 39.1 Å². The Morgan fingerprint density at radius 1 is 0.944 bits per heavy atom. The van der Waals surface area contributed by atoms with Gasteiger partial charge in [0.15, 0.2) is 0 Å². The topological polar surface area (TPSA) is 86.8 Å². The highest BCUT2D eigenvalue weighted by Crippen LogP contribution is 2.27. The molecule has 1 atom stereocenters. The van der Waals surface area contributed by atoms with Gasteiger partial charge >= 0.3 is 0 Å². The van der Waals surface area contributed by atoms with Gasteiger partial charge in [-0.05, 0) is 56.7 Å². The second-order valence-electron chi connectivity index (χ2n) is 8.61. The van der Waals surface area contributed by atoms with Crippen LogP contribution in [0.15, 0.2) is 77.7 Å². The van der Waals surface area contributed by atoms with Crippen molar-refractivity contribution in [2.75, 3.05) is 17.9 Å². The highest BCUT2D eigenvalue weighted by atomic mass is 35.5. The van der Waals surface area contributed by atoms with Crippen LogP contribution >= 0.6 is 11.6 Å². The molecule has 0 fully saturated rings. The number of aryl methyl sites for hydroxylation is 2. The predicted octanol–water partition coefficient (Wildman–Crippen LogP) is 4.32. The van der Waals surface area contributed by atoms with Crippen LogP contribution in [0.1, 0.15) is 23.6 Å². The van der Waals surface area contributed by atoms with E-state index < -0.39 is 28.5 Å². The molecule has 9 heteroatoms. The lowest BCUT2D eigenvalue weighted by molar-refractivity contribution is -0.139. The number of hydrogen-bond acceptors (Lipinski definition) is 4. The van der Waals surface area contributed by atoms with Gasteiger partial charge < -0.3 is 10.2 Å². The lowest BCUT2D eigenvalue weighted by Crippen LogP contribution is -2.50. The minimum atomic E-state index is -4.12. The summed E-state index contributed by atoms with van der Waals surface area (Å²) in [5, 5.41) is 2.90. The summed E-state index contributed by atoms with van der Waals surface area (Å²) in [5.41, 5.74) is 2.99. The summed E-state index contributed by atoms with van der Waals surface area (Å²) in [6.45, 7) is 5.04. The number of benzene rings is 3. The molecule has 36 heavy (non-hydrogen) atoms. The molecule has 0 aliphatic carbocycles. The molecule has 3 rings (SSSR count). The van der Waals surface area contributed by atoms with Crippen LogP contribution in [0.25, 0.3) is 0 Å². The Bertz CT molecular complexity index is 1340. The van der Waals surface area contributed by atoms with Gasteiger partial charge in [-0.1, -0.05) is 65.2 Å². The summed E-state index contributed by atoms with van der Waals surface area (Å²) < 4.78 is 28.5. The SMILES string of the molecule is CNC(=O)C(C)N(Cc1cccc(C)c1)C(=O)CN(c1cccc(Cl)c1)S(=O)(=O)c1ccc(C)cc1. The molecule has 1 unspecified atom stereocenters. The van der Waals surface area contributed by atoms with Crippen LogP contribution in [0.3, 0.4) is 0 Å². The lowest BCUT2D eigenvalue weighted by atomic mass is 10.1. The summed E-state index contributed by atoms with van der Waals surface area (Å²) in [5.74, 6) is -0.880. The Kier molecular flexibility index (Phi) is 8.76. The fourth-order valence-corrected chi connectivity index (χ4v) is 5.39. The van der Waals surface area contributed by atoms with E-state index in [1.54, 1.807) is 37.3 Å². The second-order valence-corrected chi connectivity index (χ2v) is 10.9. The first-order valence-corrected chi connectivity index (χ1v) is 13.3. The highest BCUT2D eigenvalue weighted by molar-refractivity contribution is 7.92. The molecule has 0 aromatic heterocycles. The molecule has 2 amide bonds. The molecule has 1 N–H and O–H groups in total. The fraction of sp³-hybridized carbons (Fsp3) is 0.259. The number of amides is 2. The van der Waals surface area contributed by atoms with Crippen molar-refractivity contribution in [1.29, 1.82) is 0 Å². The van der Waals surface area contributed by atoms with Gasteiger partial charge in [0, 0.05) is 18.6 Å².